The summed E-state index contributed by atoms with van der Waals surface area (Å²) in [6.45, 7) is 6.92. The minimum Gasteiger partial charge on any atom is -0.338 e. The Labute approximate surface area is 153 Å². The van der Waals surface area contributed by atoms with Crippen LogP contribution in [0.25, 0.3) is 10.9 Å². The molecule has 0 aliphatic heterocycles. The van der Waals surface area contributed by atoms with E-state index in [0.717, 1.165) is 33.3 Å². The Morgan fingerprint density at radius 2 is 1.88 bits per heavy atom. The fraction of sp³-hybridized carbons (Fsp3) is 0.273. The maximum Gasteiger partial charge on any atom is 0.227 e. The number of carbonyl (C=O) groups excluding carboxylic acids is 1. The van der Waals surface area contributed by atoms with Crippen molar-refractivity contribution in [1.29, 1.82) is 0 Å². The molecule has 0 saturated heterocycles. The molecule has 3 nitrogen and oxygen atoms in total. The number of pyridine rings is 1. The van der Waals surface area contributed by atoms with Crippen LogP contribution in [0.5, 0.6) is 0 Å². The van der Waals surface area contributed by atoms with Gasteiger partial charge in [0, 0.05) is 24.2 Å². The third kappa shape index (κ3) is 3.74. The van der Waals surface area contributed by atoms with Crippen LogP contribution in [0.15, 0.2) is 48.5 Å². The number of rotatable bonds is 5. The first-order chi connectivity index (χ1) is 12.5. The molecule has 3 rings (SSSR count). The predicted molar refractivity (Wildman–Crippen MR) is 102 cm³/mol. The average Bonchev–Trinajstić information content (AvgIpc) is 2.63. The van der Waals surface area contributed by atoms with E-state index >= 15 is 0 Å². The minimum absolute atomic E-state index is 0.0278. The van der Waals surface area contributed by atoms with E-state index < -0.39 is 0 Å². The molecule has 26 heavy (non-hydrogen) atoms. The highest BCUT2D eigenvalue weighted by molar-refractivity contribution is 5.86. The molecule has 0 N–H and O–H groups in total. The molecule has 0 fully saturated rings. The minimum atomic E-state index is -0.281. The van der Waals surface area contributed by atoms with Crippen molar-refractivity contribution in [3.8, 4) is 0 Å². The van der Waals surface area contributed by atoms with E-state index in [4.69, 9.17) is 0 Å². The zero-order chi connectivity index (χ0) is 18.7. The second-order valence-corrected chi connectivity index (χ2v) is 6.53. The van der Waals surface area contributed by atoms with Gasteiger partial charge in [-0.3, -0.25) is 9.78 Å². The van der Waals surface area contributed by atoms with Gasteiger partial charge in [-0.25, -0.2) is 4.39 Å². The number of halogens is 1. The maximum atomic E-state index is 13.4. The van der Waals surface area contributed by atoms with Gasteiger partial charge in [-0.1, -0.05) is 30.3 Å². The first kappa shape index (κ1) is 18.1. The number of para-hydroxylation sites is 1. The molecule has 3 aromatic rings. The molecule has 134 valence electrons. The van der Waals surface area contributed by atoms with Crippen molar-refractivity contribution in [2.45, 2.75) is 33.7 Å². The smallest absolute Gasteiger partial charge is 0.227 e. The number of carbonyl (C=O) groups is 1. The fourth-order valence-electron chi connectivity index (χ4n) is 3.33. The molecule has 0 saturated carbocycles. The molecule has 1 heterocycles. The SMILES string of the molecule is CCN(Cc1cccc(F)c1)C(=O)Cc1c(C)nc2ccccc2c1C. The van der Waals surface area contributed by atoms with Gasteiger partial charge in [0.15, 0.2) is 0 Å². The van der Waals surface area contributed by atoms with Gasteiger partial charge in [0.25, 0.3) is 0 Å². The molecule has 0 aliphatic carbocycles. The summed E-state index contributed by atoms with van der Waals surface area (Å²) >= 11 is 0. The van der Waals surface area contributed by atoms with Gasteiger partial charge >= 0.3 is 0 Å². The van der Waals surface area contributed by atoms with Crippen LogP contribution >= 0.6 is 0 Å². The van der Waals surface area contributed by atoms with Crippen LogP contribution in [-0.2, 0) is 17.8 Å². The lowest BCUT2D eigenvalue weighted by Crippen LogP contribution is -2.32. The van der Waals surface area contributed by atoms with Gasteiger partial charge < -0.3 is 4.90 Å². The van der Waals surface area contributed by atoms with Crippen LogP contribution in [0.2, 0.25) is 0 Å². The highest BCUT2D eigenvalue weighted by Gasteiger charge is 2.17. The third-order valence-electron chi connectivity index (χ3n) is 4.81. The summed E-state index contributed by atoms with van der Waals surface area (Å²) in [4.78, 5) is 19.3. The second kappa shape index (κ2) is 7.65. The van der Waals surface area contributed by atoms with E-state index in [0.29, 0.717) is 19.5 Å². The summed E-state index contributed by atoms with van der Waals surface area (Å²) in [6, 6.07) is 14.4. The van der Waals surface area contributed by atoms with Crippen molar-refractivity contribution >= 4 is 16.8 Å². The van der Waals surface area contributed by atoms with E-state index in [1.54, 1.807) is 11.0 Å². The number of hydrogen-bond acceptors (Lipinski definition) is 2. The molecule has 1 amide bonds. The van der Waals surface area contributed by atoms with Crippen LogP contribution in [-0.4, -0.2) is 22.3 Å². The summed E-state index contributed by atoms with van der Waals surface area (Å²) in [5.41, 5.74) is 4.71. The normalized spacial score (nSPS) is 10.9. The molecule has 4 heteroatoms. The Hall–Kier alpha value is -2.75. The van der Waals surface area contributed by atoms with Crippen molar-refractivity contribution in [2.75, 3.05) is 6.54 Å². The molecule has 0 bridgehead atoms. The Morgan fingerprint density at radius 3 is 2.62 bits per heavy atom. The number of aromatic nitrogens is 1. The molecule has 2 aromatic carbocycles. The topological polar surface area (TPSA) is 33.2 Å². The number of likely N-dealkylation sites (N-methyl/N-ethyl adjacent to an activating group) is 1. The monoisotopic (exact) mass is 350 g/mol. The number of hydrogen-bond donors (Lipinski definition) is 0. The van der Waals surface area contributed by atoms with Crippen molar-refractivity contribution in [2.24, 2.45) is 0 Å². The van der Waals surface area contributed by atoms with Crippen LogP contribution in [0.4, 0.5) is 4.39 Å². The van der Waals surface area contributed by atoms with Crippen LogP contribution in [0.1, 0.15) is 29.3 Å². The van der Waals surface area contributed by atoms with Gasteiger partial charge in [0.2, 0.25) is 5.91 Å². The molecule has 1 aromatic heterocycles. The highest BCUT2D eigenvalue weighted by atomic mass is 19.1. The first-order valence-electron chi connectivity index (χ1n) is 8.86. The number of fused-ring (bicyclic) bond motifs is 1. The molecular formula is C22H23FN2O. The van der Waals surface area contributed by atoms with Crippen LogP contribution in [0, 0.1) is 19.7 Å². The van der Waals surface area contributed by atoms with Gasteiger partial charge in [-0.2, -0.15) is 0 Å². The number of nitrogens with zero attached hydrogens (tertiary/aromatic N) is 2. The lowest BCUT2D eigenvalue weighted by atomic mass is 9.99. The molecule has 0 radical (unpaired) electrons. The van der Waals surface area contributed by atoms with E-state index in [2.05, 4.69) is 4.98 Å². The summed E-state index contributed by atoms with van der Waals surface area (Å²) in [5.74, 6) is -0.253. The zero-order valence-electron chi connectivity index (χ0n) is 15.4. The quantitative estimate of drug-likeness (QED) is 0.675. The van der Waals surface area contributed by atoms with Crippen molar-refractivity contribution in [1.82, 2.24) is 9.88 Å². The zero-order valence-corrected chi connectivity index (χ0v) is 15.4. The van der Waals surface area contributed by atoms with Crippen molar-refractivity contribution < 1.29 is 9.18 Å². The summed E-state index contributed by atoms with van der Waals surface area (Å²) < 4.78 is 13.4. The summed E-state index contributed by atoms with van der Waals surface area (Å²) in [5, 5.41) is 1.08. The fourth-order valence-corrected chi connectivity index (χ4v) is 3.33. The maximum absolute atomic E-state index is 13.4. The summed E-state index contributed by atoms with van der Waals surface area (Å²) in [7, 11) is 0. The van der Waals surface area contributed by atoms with E-state index in [1.165, 1.54) is 12.1 Å². The van der Waals surface area contributed by atoms with E-state index in [9.17, 15) is 9.18 Å². The Morgan fingerprint density at radius 1 is 1.12 bits per heavy atom. The lowest BCUT2D eigenvalue weighted by Gasteiger charge is -2.22. The van der Waals surface area contributed by atoms with Gasteiger partial charge in [-0.05, 0) is 55.7 Å². The molecular weight excluding hydrogens is 327 g/mol. The molecule has 0 aliphatic rings. The van der Waals surface area contributed by atoms with Gasteiger partial charge in [-0.15, -0.1) is 0 Å². The highest BCUT2D eigenvalue weighted by Crippen LogP contribution is 2.23. The van der Waals surface area contributed by atoms with Crippen molar-refractivity contribution in [3.63, 3.8) is 0 Å². The summed E-state index contributed by atoms with van der Waals surface area (Å²) in [6.07, 6.45) is 0.304. The largest absolute Gasteiger partial charge is 0.338 e. The van der Waals surface area contributed by atoms with E-state index in [1.807, 2.05) is 51.1 Å². The molecule has 0 atom stereocenters. The van der Waals surface area contributed by atoms with Crippen LogP contribution < -0.4 is 0 Å². The predicted octanol–water partition coefficient (Wildman–Crippen LogP) is 4.58. The third-order valence-corrected chi connectivity index (χ3v) is 4.81. The Kier molecular flexibility index (Phi) is 5.31. The second-order valence-electron chi connectivity index (χ2n) is 6.53. The van der Waals surface area contributed by atoms with Crippen molar-refractivity contribution in [3.05, 3.63) is 76.7 Å². The number of amides is 1. The standard InChI is InChI=1S/C22H23FN2O/c1-4-25(14-17-8-7-9-18(23)12-17)22(26)13-20-15(2)19-10-5-6-11-21(19)24-16(20)3/h5-12H,4,13-14H2,1-3H3. The lowest BCUT2D eigenvalue weighted by molar-refractivity contribution is -0.130. The first-order valence-corrected chi connectivity index (χ1v) is 8.86. The van der Waals surface area contributed by atoms with Gasteiger partial charge in [0.1, 0.15) is 5.82 Å². The molecule has 0 spiro atoms. The van der Waals surface area contributed by atoms with Crippen LogP contribution in [0.3, 0.4) is 0 Å². The Balaban J connectivity index is 1.85. The number of benzene rings is 2. The number of aryl methyl sites for hydroxylation is 2. The average molecular weight is 350 g/mol. The Bertz CT molecular complexity index is 952. The van der Waals surface area contributed by atoms with Gasteiger partial charge in [0.05, 0.1) is 11.9 Å². The van der Waals surface area contributed by atoms with E-state index in [-0.39, 0.29) is 11.7 Å². The molecule has 0 unspecified atom stereocenters.